The normalized spacial score (nSPS) is 13.4. The van der Waals surface area contributed by atoms with E-state index in [0.717, 1.165) is 70.6 Å². The van der Waals surface area contributed by atoms with Crippen LogP contribution in [0.5, 0.6) is 0 Å². The van der Waals surface area contributed by atoms with Crippen LogP contribution < -0.4 is 0 Å². The molecule has 3 unspecified atom stereocenters. The SMILES string of the molecule is C#CC(C#CCCC)(C#CCCCC)C(C#CCCCC)C([CH2])C#CCCCC. The molecule has 0 N–H and O–H groups in total. The van der Waals surface area contributed by atoms with E-state index in [-0.39, 0.29) is 11.8 Å². The second kappa shape index (κ2) is 17.9. The van der Waals surface area contributed by atoms with Gasteiger partial charge in [0.25, 0.3) is 0 Å². The topological polar surface area (TPSA) is 0 Å². The Kier molecular flexibility index (Phi) is 16.5. The van der Waals surface area contributed by atoms with Crippen LogP contribution in [0.15, 0.2) is 0 Å². The molecular weight excluding hydrogens is 348 g/mol. The summed E-state index contributed by atoms with van der Waals surface area (Å²) in [7, 11) is 0. The van der Waals surface area contributed by atoms with Crippen molar-refractivity contribution in [1.29, 1.82) is 0 Å². The molecule has 0 aliphatic heterocycles. The highest BCUT2D eigenvalue weighted by Gasteiger charge is 2.36. The van der Waals surface area contributed by atoms with Crippen LogP contribution in [0, 0.1) is 83.9 Å². The van der Waals surface area contributed by atoms with Crippen molar-refractivity contribution in [2.45, 2.75) is 98.3 Å². The number of terminal acetylenes is 1. The third-order valence-corrected chi connectivity index (χ3v) is 4.55. The van der Waals surface area contributed by atoms with E-state index >= 15 is 0 Å². The van der Waals surface area contributed by atoms with E-state index in [2.05, 4.69) is 87.9 Å². The fourth-order valence-electron chi connectivity index (χ4n) is 2.65. The van der Waals surface area contributed by atoms with Crippen LogP contribution in [-0.4, -0.2) is 0 Å². The Morgan fingerprint density at radius 2 is 1.17 bits per heavy atom. The molecule has 0 saturated carbocycles. The minimum absolute atomic E-state index is 0.214. The number of hydrogen-bond donors (Lipinski definition) is 0. The minimum atomic E-state index is -0.909. The van der Waals surface area contributed by atoms with Gasteiger partial charge < -0.3 is 0 Å². The molecule has 0 heteroatoms. The van der Waals surface area contributed by atoms with Gasteiger partial charge in [0, 0.05) is 31.6 Å². The maximum absolute atomic E-state index is 6.05. The molecule has 0 fully saturated rings. The Morgan fingerprint density at radius 1 is 0.690 bits per heavy atom. The van der Waals surface area contributed by atoms with Crippen molar-refractivity contribution in [3.63, 3.8) is 0 Å². The fourth-order valence-corrected chi connectivity index (χ4v) is 2.65. The standard InChI is InChI=1S/C29H39/c1-7-12-16-19-23-27(6)28(24-20-17-13-8-2)29(11-5,25-21-15-10-4)26-22-18-14-9-3/h5,27-28H,6-10,12-18H2,1-4H3. The Labute approximate surface area is 182 Å². The lowest BCUT2D eigenvalue weighted by atomic mass is 9.71. The van der Waals surface area contributed by atoms with Crippen LogP contribution >= 0.6 is 0 Å². The Balaban J connectivity index is 6.08. The average molecular weight is 388 g/mol. The van der Waals surface area contributed by atoms with Gasteiger partial charge in [0.1, 0.15) is 0 Å². The van der Waals surface area contributed by atoms with Crippen molar-refractivity contribution in [1.82, 2.24) is 0 Å². The summed E-state index contributed by atoms with van der Waals surface area (Å²) < 4.78 is 0. The van der Waals surface area contributed by atoms with Crippen LogP contribution in [-0.2, 0) is 0 Å². The molecule has 0 rings (SSSR count). The molecule has 0 bridgehead atoms. The first-order chi connectivity index (χ1) is 14.1. The molecule has 0 nitrogen and oxygen atoms in total. The first-order valence-corrected chi connectivity index (χ1v) is 11.4. The lowest BCUT2D eigenvalue weighted by Crippen LogP contribution is -2.30. The van der Waals surface area contributed by atoms with Gasteiger partial charge in [-0.15, -0.1) is 30.1 Å². The molecule has 0 aromatic rings. The van der Waals surface area contributed by atoms with E-state index in [9.17, 15) is 0 Å². The van der Waals surface area contributed by atoms with Crippen LogP contribution in [0.4, 0.5) is 0 Å². The van der Waals surface area contributed by atoms with Gasteiger partial charge in [-0.3, -0.25) is 0 Å². The van der Waals surface area contributed by atoms with Crippen molar-refractivity contribution in [3.8, 4) is 59.7 Å². The van der Waals surface area contributed by atoms with Gasteiger partial charge in [-0.1, -0.05) is 76.6 Å². The largest absolute Gasteiger partial charge is 0.166 e. The zero-order chi connectivity index (χ0) is 21.8. The van der Waals surface area contributed by atoms with E-state index in [0.29, 0.717) is 0 Å². The van der Waals surface area contributed by atoms with Gasteiger partial charge >= 0.3 is 0 Å². The Hall–Kier alpha value is -2.20. The lowest BCUT2D eigenvalue weighted by molar-refractivity contribution is 0.451. The first kappa shape index (κ1) is 26.8. The molecule has 0 aliphatic rings. The average Bonchev–Trinajstić information content (AvgIpc) is 2.73. The molecule has 0 heterocycles. The quantitative estimate of drug-likeness (QED) is 0.293. The molecule has 3 atom stereocenters. The summed E-state index contributed by atoms with van der Waals surface area (Å²) in [4.78, 5) is 0. The summed E-state index contributed by atoms with van der Waals surface area (Å²) in [6, 6.07) is 0. The third-order valence-electron chi connectivity index (χ3n) is 4.55. The minimum Gasteiger partial charge on any atom is -0.117 e. The van der Waals surface area contributed by atoms with Crippen molar-refractivity contribution in [2.75, 3.05) is 0 Å². The molecule has 0 aliphatic carbocycles. The fraction of sp³-hybridized carbons (Fsp3) is 0.621. The molecule has 29 heavy (non-hydrogen) atoms. The summed E-state index contributed by atoms with van der Waals surface area (Å²) in [6.45, 7) is 12.9. The molecular formula is C29H39. The van der Waals surface area contributed by atoms with Crippen molar-refractivity contribution in [2.24, 2.45) is 17.3 Å². The molecule has 0 spiro atoms. The Morgan fingerprint density at radius 3 is 1.66 bits per heavy atom. The zero-order valence-electron chi connectivity index (χ0n) is 19.2. The van der Waals surface area contributed by atoms with Crippen LogP contribution in [0.1, 0.15) is 98.3 Å². The highest BCUT2D eigenvalue weighted by molar-refractivity contribution is 5.43. The van der Waals surface area contributed by atoms with Crippen molar-refractivity contribution >= 4 is 0 Å². The lowest BCUT2D eigenvalue weighted by Gasteiger charge is -2.26. The van der Waals surface area contributed by atoms with E-state index < -0.39 is 5.41 Å². The first-order valence-electron chi connectivity index (χ1n) is 11.4. The molecule has 155 valence electrons. The maximum atomic E-state index is 6.05. The third kappa shape index (κ3) is 11.4. The second-order valence-corrected chi connectivity index (χ2v) is 7.34. The number of unbranched alkanes of at least 4 members (excludes halogenated alkanes) is 7. The van der Waals surface area contributed by atoms with Gasteiger partial charge in [-0.2, -0.15) is 0 Å². The van der Waals surface area contributed by atoms with Gasteiger partial charge in [0.15, 0.2) is 5.41 Å². The molecule has 1 radical (unpaired) electrons. The molecule has 0 aromatic carbocycles. The van der Waals surface area contributed by atoms with Gasteiger partial charge in [-0.05, 0) is 32.6 Å². The van der Waals surface area contributed by atoms with Crippen LogP contribution in [0.3, 0.4) is 0 Å². The van der Waals surface area contributed by atoms with E-state index in [4.69, 9.17) is 6.42 Å². The molecule has 0 amide bonds. The van der Waals surface area contributed by atoms with E-state index in [1.807, 2.05) is 0 Å². The summed E-state index contributed by atoms with van der Waals surface area (Å²) in [5.74, 6) is 28.9. The second-order valence-electron chi connectivity index (χ2n) is 7.34. The Bertz CT molecular complexity index is 716. The highest BCUT2D eigenvalue weighted by Crippen LogP contribution is 2.32. The highest BCUT2D eigenvalue weighted by atomic mass is 14.3. The summed E-state index contributed by atoms with van der Waals surface area (Å²) in [6.07, 6.45) is 17.0. The predicted molar refractivity (Wildman–Crippen MR) is 128 cm³/mol. The van der Waals surface area contributed by atoms with E-state index in [1.165, 1.54) is 0 Å². The number of rotatable bonds is 9. The van der Waals surface area contributed by atoms with Gasteiger partial charge in [0.2, 0.25) is 0 Å². The summed E-state index contributed by atoms with van der Waals surface area (Å²) >= 11 is 0. The van der Waals surface area contributed by atoms with Crippen LogP contribution in [0.2, 0.25) is 0 Å². The molecule has 0 aromatic heterocycles. The predicted octanol–water partition coefficient (Wildman–Crippen LogP) is 7.06. The number of hydrogen-bond acceptors (Lipinski definition) is 0. The van der Waals surface area contributed by atoms with E-state index in [1.54, 1.807) is 0 Å². The smallest absolute Gasteiger partial charge is 0.117 e. The molecule has 0 saturated heterocycles. The summed E-state index contributed by atoms with van der Waals surface area (Å²) in [5.41, 5.74) is -0.909. The maximum Gasteiger partial charge on any atom is 0.166 e. The monoisotopic (exact) mass is 387 g/mol. The van der Waals surface area contributed by atoms with Crippen LogP contribution in [0.25, 0.3) is 0 Å². The van der Waals surface area contributed by atoms with Gasteiger partial charge in [-0.25, -0.2) is 0 Å². The van der Waals surface area contributed by atoms with Gasteiger partial charge in [0.05, 0.1) is 5.92 Å². The van der Waals surface area contributed by atoms with Crippen molar-refractivity contribution < 1.29 is 0 Å². The summed E-state index contributed by atoms with van der Waals surface area (Å²) in [5, 5.41) is 0. The zero-order valence-corrected chi connectivity index (χ0v) is 19.2. The van der Waals surface area contributed by atoms with Crippen molar-refractivity contribution in [3.05, 3.63) is 6.92 Å².